The minimum atomic E-state index is 0.567. The fourth-order valence-electron chi connectivity index (χ4n) is 4.26. The van der Waals surface area contributed by atoms with E-state index in [1.54, 1.807) is 0 Å². The Kier molecular flexibility index (Phi) is 3.80. The van der Waals surface area contributed by atoms with E-state index < -0.39 is 0 Å². The van der Waals surface area contributed by atoms with Crippen LogP contribution in [0, 0.1) is 11.8 Å². The summed E-state index contributed by atoms with van der Waals surface area (Å²) >= 11 is 0. The Morgan fingerprint density at radius 2 is 1.50 bits per heavy atom. The van der Waals surface area contributed by atoms with Crippen LogP contribution in [0.4, 0.5) is 0 Å². The summed E-state index contributed by atoms with van der Waals surface area (Å²) in [6.07, 6.45) is 6.50. The fourth-order valence-corrected chi connectivity index (χ4v) is 4.26. The zero-order chi connectivity index (χ0) is 14.8. The van der Waals surface area contributed by atoms with Crippen molar-refractivity contribution in [3.8, 4) is 0 Å². The van der Waals surface area contributed by atoms with Gasteiger partial charge in [-0.25, -0.2) is 0 Å². The van der Waals surface area contributed by atoms with Crippen molar-refractivity contribution < 1.29 is 0 Å². The van der Waals surface area contributed by atoms with Gasteiger partial charge in [-0.05, 0) is 36.3 Å². The molecule has 0 bridgehead atoms. The second-order valence-electron chi connectivity index (χ2n) is 6.69. The summed E-state index contributed by atoms with van der Waals surface area (Å²) in [5.74, 6) is 1.35. The largest absolute Gasteiger partial charge is 0.285 e. The lowest BCUT2D eigenvalue weighted by atomic mass is 9.74. The van der Waals surface area contributed by atoms with Crippen LogP contribution >= 0.6 is 0 Å². The van der Waals surface area contributed by atoms with Crippen LogP contribution in [0.15, 0.2) is 65.7 Å². The Hall–Kier alpha value is -1.89. The molecule has 3 atom stereocenters. The molecule has 1 saturated carbocycles. The standard InChI is InChI=1S/C21H23N/c1-3-9-16(10-4-1)15-19-18-13-7-8-14-20(18)22-21(19)17-11-5-2-6-12-17/h1-6,9-12,18-20H,7-8,13-15H2/t18-,19?,20-/m0/s1. The zero-order valence-electron chi connectivity index (χ0n) is 13.0. The third kappa shape index (κ3) is 2.61. The molecule has 0 aromatic heterocycles. The Morgan fingerprint density at radius 1 is 0.818 bits per heavy atom. The van der Waals surface area contributed by atoms with Crippen molar-refractivity contribution in [2.75, 3.05) is 0 Å². The van der Waals surface area contributed by atoms with Crippen LogP contribution < -0.4 is 0 Å². The van der Waals surface area contributed by atoms with Gasteiger partial charge in [-0.1, -0.05) is 73.5 Å². The Morgan fingerprint density at radius 3 is 2.27 bits per heavy atom. The van der Waals surface area contributed by atoms with Gasteiger partial charge in [0.25, 0.3) is 0 Å². The smallest absolute Gasteiger partial charge is 0.0537 e. The SMILES string of the molecule is c1ccc(CC2C(c3ccccc3)=N[C@H]3CCCC[C@@H]23)cc1. The predicted octanol–water partition coefficient (Wildman–Crippen LogP) is 4.91. The molecule has 22 heavy (non-hydrogen) atoms. The molecular weight excluding hydrogens is 266 g/mol. The Balaban J connectivity index is 1.67. The minimum Gasteiger partial charge on any atom is -0.285 e. The lowest BCUT2D eigenvalue weighted by molar-refractivity contribution is 0.282. The van der Waals surface area contributed by atoms with Crippen LogP contribution in [-0.4, -0.2) is 11.8 Å². The third-order valence-corrected chi connectivity index (χ3v) is 5.32. The van der Waals surface area contributed by atoms with Crippen molar-refractivity contribution in [1.29, 1.82) is 0 Å². The molecule has 0 N–H and O–H groups in total. The summed E-state index contributed by atoms with van der Waals surface area (Å²) in [7, 11) is 0. The van der Waals surface area contributed by atoms with Crippen molar-refractivity contribution in [1.82, 2.24) is 0 Å². The second-order valence-corrected chi connectivity index (χ2v) is 6.69. The van der Waals surface area contributed by atoms with E-state index in [1.807, 2.05) is 0 Å². The van der Waals surface area contributed by atoms with Crippen molar-refractivity contribution >= 4 is 5.71 Å². The molecule has 1 fully saturated rings. The Bertz CT molecular complexity index is 644. The van der Waals surface area contributed by atoms with Crippen LogP contribution in [0.25, 0.3) is 0 Å². The van der Waals surface area contributed by atoms with Crippen LogP contribution in [-0.2, 0) is 6.42 Å². The van der Waals surface area contributed by atoms with Gasteiger partial charge in [0.1, 0.15) is 0 Å². The number of hydrogen-bond acceptors (Lipinski definition) is 1. The summed E-state index contributed by atoms with van der Waals surface area (Å²) in [5.41, 5.74) is 4.14. The molecule has 2 aromatic carbocycles. The van der Waals surface area contributed by atoms with Gasteiger partial charge in [-0.2, -0.15) is 0 Å². The highest BCUT2D eigenvalue weighted by atomic mass is 14.9. The Labute approximate surface area is 133 Å². The monoisotopic (exact) mass is 289 g/mol. The maximum atomic E-state index is 5.17. The van der Waals surface area contributed by atoms with E-state index in [0.717, 1.165) is 12.3 Å². The molecular formula is C21H23N. The van der Waals surface area contributed by atoms with E-state index in [9.17, 15) is 0 Å². The molecule has 1 nitrogen and oxygen atoms in total. The number of aliphatic imine (C=N–C) groups is 1. The highest BCUT2D eigenvalue weighted by molar-refractivity contribution is 6.03. The van der Waals surface area contributed by atoms with E-state index in [0.29, 0.717) is 12.0 Å². The van der Waals surface area contributed by atoms with Gasteiger partial charge in [0, 0.05) is 11.6 Å². The van der Waals surface area contributed by atoms with Gasteiger partial charge in [0.05, 0.1) is 6.04 Å². The van der Waals surface area contributed by atoms with Gasteiger partial charge in [-0.3, -0.25) is 4.99 Å². The van der Waals surface area contributed by atoms with Gasteiger partial charge in [-0.15, -0.1) is 0 Å². The first-order valence-electron chi connectivity index (χ1n) is 8.59. The van der Waals surface area contributed by atoms with E-state index in [4.69, 9.17) is 4.99 Å². The minimum absolute atomic E-state index is 0.567. The number of nitrogens with zero attached hydrogens (tertiary/aromatic N) is 1. The second kappa shape index (κ2) is 6.08. The third-order valence-electron chi connectivity index (χ3n) is 5.32. The average Bonchev–Trinajstić information content (AvgIpc) is 2.95. The quantitative estimate of drug-likeness (QED) is 0.761. The molecule has 0 saturated heterocycles. The maximum absolute atomic E-state index is 5.17. The lowest BCUT2D eigenvalue weighted by Crippen LogP contribution is -2.28. The average molecular weight is 289 g/mol. The van der Waals surface area contributed by atoms with Crippen LogP contribution in [0.1, 0.15) is 36.8 Å². The van der Waals surface area contributed by atoms with Crippen molar-refractivity contribution in [2.24, 2.45) is 16.8 Å². The van der Waals surface area contributed by atoms with Crippen molar-refractivity contribution in [3.63, 3.8) is 0 Å². The first-order valence-corrected chi connectivity index (χ1v) is 8.59. The molecule has 1 heterocycles. The topological polar surface area (TPSA) is 12.4 Å². The highest BCUT2D eigenvalue weighted by Crippen LogP contribution is 2.41. The predicted molar refractivity (Wildman–Crippen MR) is 92.4 cm³/mol. The summed E-state index contributed by atoms with van der Waals surface area (Å²) in [6.45, 7) is 0. The lowest BCUT2D eigenvalue weighted by Gasteiger charge is -2.29. The van der Waals surface area contributed by atoms with Crippen molar-refractivity contribution in [3.05, 3.63) is 71.8 Å². The van der Waals surface area contributed by atoms with Gasteiger partial charge in [0.2, 0.25) is 0 Å². The molecule has 0 radical (unpaired) electrons. The molecule has 1 heteroatoms. The number of benzene rings is 2. The highest BCUT2D eigenvalue weighted by Gasteiger charge is 2.40. The van der Waals surface area contributed by atoms with E-state index in [2.05, 4.69) is 60.7 Å². The van der Waals surface area contributed by atoms with Gasteiger partial charge < -0.3 is 0 Å². The fraction of sp³-hybridized carbons (Fsp3) is 0.381. The van der Waals surface area contributed by atoms with Crippen LogP contribution in [0.2, 0.25) is 0 Å². The number of hydrogen-bond donors (Lipinski definition) is 0. The van der Waals surface area contributed by atoms with Crippen LogP contribution in [0.5, 0.6) is 0 Å². The van der Waals surface area contributed by atoms with E-state index >= 15 is 0 Å². The summed E-state index contributed by atoms with van der Waals surface area (Å²) < 4.78 is 0. The molecule has 1 unspecified atom stereocenters. The first-order chi connectivity index (χ1) is 10.9. The van der Waals surface area contributed by atoms with E-state index in [1.165, 1.54) is 42.5 Å². The molecule has 0 amide bonds. The molecule has 4 rings (SSSR count). The molecule has 112 valence electrons. The van der Waals surface area contributed by atoms with Crippen molar-refractivity contribution in [2.45, 2.75) is 38.1 Å². The molecule has 2 aromatic rings. The van der Waals surface area contributed by atoms with Gasteiger partial charge >= 0.3 is 0 Å². The normalized spacial score (nSPS) is 27.3. The zero-order valence-corrected chi connectivity index (χ0v) is 13.0. The van der Waals surface area contributed by atoms with Crippen LogP contribution in [0.3, 0.4) is 0 Å². The summed E-state index contributed by atoms with van der Waals surface area (Å²) in [4.78, 5) is 5.17. The maximum Gasteiger partial charge on any atom is 0.0537 e. The molecule has 1 aliphatic heterocycles. The van der Waals surface area contributed by atoms with Gasteiger partial charge in [0.15, 0.2) is 0 Å². The first kappa shape index (κ1) is 13.8. The summed E-state index contributed by atoms with van der Waals surface area (Å²) in [6, 6.07) is 22.3. The number of fused-ring (bicyclic) bond motifs is 1. The molecule has 1 aliphatic carbocycles. The number of rotatable bonds is 3. The molecule has 0 spiro atoms. The molecule has 2 aliphatic rings. The summed E-state index contributed by atoms with van der Waals surface area (Å²) in [5, 5.41) is 0. The van der Waals surface area contributed by atoms with E-state index in [-0.39, 0.29) is 0 Å².